The van der Waals surface area contributed by atoms with Gasteiger partial charge in [0.05, 0.1) is 19.2 Å². The number of ketones is 1. The van der Waals surface area contributed by atoms with E-state index in [4.69, 9.17) is 10.5 Å². The smallest absolute Gasteiger partial charge is 0.330 e. The molecule has 0 radical (unpaired) electrons. The van der Waals surface area contributed by atoms with Crippen LogP contribution in [-0.2, 0) is 23.9 Å². The summed E-state index contributed by atoms with van der Waals surface area (Å²) >= 11 is 0. The maximum absolute atomic E-state index is 11.8. The molecule has 0 amide bonds. The van der Waals surface area contributed by atoms with Gasteiger partial charge in [-0.25, -0.2) is 4.79 Å². The van der Waals surface area contributed by atoms with Gasteiger partial charge in [0.15, 0.2) is 11.8 Å². The van der Waals surface area contributed by atoms with Crippen LogP contribution in [-0.4, -0.2) is 48.6 Å². The lowest BCUT2D eigenvalue weighted by Gasteiger charge is -2.21. The second-order valence-electron chi connectivity index (χ2n) is 5.32. The number of hydrogen-bond donors (Lipinski definition) is 2. The lowest BCUT2D eigenvalue weighted by molar-refractivity contribution is -0.153. The fraction of sp³-hybridized carbons (Fsp3) is 0.769. The maximum atomic E-state index is 11.8. The molecule has 7 nitrogen and oxygen atoms in total. The molecule has 0 saturated carbocycles. The average molecular weight is 288 g/mol. The van der Waals surface area contributed by atoms with E-state index in [1.165, 1.54) is 6.92 Å². The lowest BCUT2D eigenvalue weighted by Crippen LogP contribution is -2.50. The van der Waals surface area contributed by atoms with Gasteiger partial charge in [-0.3, -0.25) is 14.9 Å². The zero-order valence-corrected chi connectivity index (χ0v) is 12.7. The average Bonchev–Trinajstić information content (AvgIpc) is 2.32. The standard InChI is InChI=1S/C13H24N2O5/c1-6-19-12(18)10(14)11(17)8(2)15-7-9(16)20-13(3,4)5/h8,10,15H,6-7,14H2,1-5H3/t8-,10?/m0/s1. The summed E-state index contributed by atoms with van der Waals surface area (Å²) in [6.45, 7) is 8.40. The normalized spacial score (nSPS) is 14.3. The van der Waals surface area contributed by atoms with Crippen molar-refractivity contribution in [2.45, 2.75) is 52.3 Å². The van der Waals surface area contributed by atoms with E-state index < -0.39 is 35.4 Å². The SMILES string of the molecule is CCOC(=O)C(N)C(=O)[C@H](C)NCC(=O)OC(C)(C)C. The Morgan fingerprint density at radius 2 is 1.80 bits per heavy atom. The Balaban J connectivity index is 4.27. The van der Waals surface area contributed by atoms with Crippen molar-refractivity contribution in [2.75, 3.05) is 13.2 Å². The van der Waals surface area contributed by atoms with Gasteiger partial charge in [-0.2, -0.15) is 0 Å². The number of nitrogens with one attached hydrogen (secondary N) is 1. The number of carbonyl (C=O) groups excluding carboxylic acids is 3. The van der Waals surface area contributed by atoms with E-state index in [1.807, 2.05) is 0 Å². The minimum Gasteiger partial charge on any atom is -0.464 e. The van der Waals surface area contributed by atoms with Crippen LogP contribution in [0.1, 0.15) is 34.6 Å². The zero-order chi connectivity index (χ0) is 15.9. The summed E-state index contributed by atoms with van der Waals surface area (Å²) in [5.41, 5.74) is 4.89. The van der Waals surface area contributed by atoms with E-state index in [2.05, 4.69) is 10.1 Å². The van der Waals surface area contributed by atoms with Crippen molar-refractivity contribution in [1.29, 1.82) is 0 Å². The van der Waals surface area contributed by atoms with Crippen LogP contribution in [0.25, 0.3) is 0 Å². The second kappa shape index (κ2) is 7.96. The Morgan fingerprint density at radius 3 is 2.25 bits per heavy atom. The quantitative estimate of drug-likeness (QED) is 0.492. The zero-order valence-electron chi connectivity index (χ0n) is 12.7. The largest absolute Gasteiger partial charge is 0.464 e. The maximum Gasteiger partial charge on any atom is 0.330 e. The van der Waals surface area contributed by atoms with E-state index in [-0.39, 0.29) is 13.2 Å². The van der Waals surface area contributed by atoms with E-state index >= 15 is 0 Å². The van der Waals surface area contributed by atoms with E-state index in [0.717, 1.165) is 0 Å². The Morgan fingerprint density at radius 1 is 1.25 bits per heavy atom. The highest BCUT2D eigenvalue weighted by atomic mass is 16.6. The van der Waals surface area contributed by atoms with Gasteiger partial charge in [-0.05, 0) is 34.6 Å². The van der Waals surface area contributed by atoms with Crippen LogP contribution < -0.4 is 11.1 Å². The van der Waals surface area contributed by atoms with Gasteiger partial charge in [0.25, 0.3) is 0 Å². The van der Waals surface area contributed by atoms with Crippen LogP contribution in [0.3, 0.4) is 0 Å². The molecule has 1 unspecified atom stereocenters. The molecular weight excluding hydrogens is 264 g/mol. The molecule has 3 N–H and O–H groups in total. The molecule has 0 rings (SSSR count). The molecule has 0 aromatic rings. The molecule has 2 atom stereocenters. The molecular formula is C13H24N2O5. The summed E-state index contributed by atoms with van der Waals surface area (Å²) < 4.78 is 9.74. The molecule has 0 heterocycles. The summed E-state index contributed by atoms with van der Waals surface area (Å²) in [7, 11) is 0. The van der Waals surface area contributed by atoms with Gasteiger partial charge >= 0.3 is 11.9 Å². The minimum absolute atomic E-state index is 0.139. The Labute approximate surface area is 119 Å². The molecule has 20 heavy (non-hydrogen) atoms. The predicted molar refractivity (Wildman–Crippen MR) is 72.9 cm³/mol. The summed E-state index contributed by atoms with van der Waals surface area (Å²) in [4.78, 5) is 34.6. The van der Waals surface area contributed by atoms with Gasteiger partial charge in [-0.1, -0.05) is 0 Å². The summed E-state index contributed by atoms with van der Waals surface area (Å²) in [5.74, 6) is -1.79. The lowest BCUT2D eigenvalue weighted by atomic mass is 10.1. The van der Waals surface area contributed by atoms with Gasteiger partial charge in [-0.15, -0.1) is 0 Å². The monoisotopic (exact) mass is 288 g/mol. The molecule has 0 aliphatic heterocycles. The number of nitrogens with two attached hydrogens (primary N) is 1. The molecule has 0 fully saturated rings. The Bertz CT molecular complexity index is 362. The Hall–Kier alpha value is -1.47. The molecule has 0 aliphatic carbocycles. The van der Waals surface area contributed by atoms with E-state index in [0.29, 0.717) is 0 Å². The number of Topliss-reactive ketones (excluding diaryl/α,β-unsaturated/α-hetero) is 1. The molecule has 0 saturated heterocycles. The second-order valence-corrected chi connectivity index (χ2v) is 5.32. The summed E-state index contributed by atoms with van der Waals surface area (Å²) in [6.07, 6.45) is 0. The fourth-order valence-corrected chi connectivity index (χ4v) is 1.33. The first-order valence-electron chi connectivity index (χ1n) is 6.49. The topological polar surface area (TPSA) is 108 Å². The van der Waals surface area contributed by atoms with Crippen molar-refractivity contribution in [2.24, 2.45) is 5.73 Å². The molecule has 0 aromatic carbocycles. The third-order valence-electron chi connectivity index (χ3n) is 2.25. The third kappa shape index (κ3) is 7.20. The highest BCUT2D eigenvalue weighted by molar-refractivity contribution is 6.05. The van der Waals surface area contributed by atoms with Crippen molar-refractivity contribution in [3.63, 3.8) is 0 Å². The van der Waals surface area contributed by atoms with Crippen LogP contribution in [0.2, 0.25) is 0 Å². The number of ether oxygens (including phenoxy) is 2. The first-order valence-corrected chi connectivity index (χ1v) is 6.49. The number of rotatable bonds is 7. The van der Waals surface area contributed by atoms with Crippen molar-refractivity contribution in [3.8, 4) is 0 Å². The van der Waals surface area contributed by atoms with Crippen molar-refractivity contribution >= 4 is 17.7 Å². The van der Waals surface area contributed by atoms with Crippen molar-refractivity contribution in [1.82, 2.24) is 5.32 Å². The molecule has 7 heteroatoms. The minimum atomic E-state index is -1.35. The van der Waals surface area contributed by atoms with Crippen LogP contribution >= 0.6 is 0 Å². The first-order chi connectivity index (χ1) is 9.08. The van der Waals surface area contributed by atoms with Crippen LogP contribution in [0.15, 0.2) is 0 Å². The van der Waals surface area contributed by atoms with Crippen molar-refractivity contribution < 1.29 is 23.9 Å². The predicted octanol–water partition coefficient (Wildman–Crippen LogP) is -0.234. The number of esters is 2. The van der Waals surface area contributed by atoms with Crippen LogP contribution in [0.4, 0.5) is 0 Å². The molecule has 0 aliphatic rings. The summed E-state index contributed by atoms with van der Waals surface area (Å²) in [6, 6.07) is -2.10. The molecule has 0 aromatic heterocycles. The van der Waals surface area contributed by atoms with Gasteiger partial charge in [0.2, 0.25) is 0 Å². The first kappa shape index (κ1) is 18.5. The van der Waals surface area contributed by atoms with Gasteiger partial charge in [0.1, 0.15) is 5.60 Å². The van der Waals surface area contributed by atoms with Crippen LogP contribution in [0, 0.1) is 0 Å². The fourth-order valence-electron chi connectivity index (χ4n) is 1.33. The molecule has 0 bridgehead atoms. The van der Waals surface area contributed by atoms with E-state index in [9.17, 15) is 14.4 Å². The van der Waals surface area contributed by atoms with Crippen molar-refractivity contribution in [3.05, 3.63) is 0 Å². The number of hydrogen-bond acceptors (Lipinski definition) is 7. The Kier molecular flexibility index (Phi) is 7.38. The highest BCUT2D eigenvalue weighted by Crippen LogP contribution is 2.06. The third-order valence-corrected chi connectivity index (χ3v) is 2.25. The van der Waals surface area contributed by atoms with Gasteiger partial charge < -0.3 is 15.2 Å². The molecule has 0 spiro atoms. The van der Waals surface area contributed by atoms with Gasteiger partial charge in [0, 0.05) is 0 Å². The molecule has 116 valence electrons. The van der Waals surface area contributed by atoms with Crippen LogP contribution in [0.5, 0.6) is 0 Å². The number of carbonyl (C=O) groups is 3. The van der Waals surface area contributed by atoms with E-state index in [1.54, 1.807) is 27.7 Å². The highest BCUT2D eigenvalue weighted by Gasteiger charge is 2.28. The summed E-state index contributed by atoms with van der Waals surface area (Å²) in [5, 5.41) is 2.67.